The first-order chi connectivity index (χ1) is 15.5. The minimum absolute atomic E-state index is 0. The Hall–Kier alpha value is -2.97. The predicted molar refractivity (Wildman–Crippen MR) is 120 cm³/mol. The number of fused-ring (bicyclic) bond motifs is 1. The summed E-state index contributed by atoms with van der Waals surface area (Å²) in [6.07, 6.45) is -1.19. The monoisotopic (exact) mass is 488 g/mol. The zero-order valence-electron chi connectivity index (χ0n) is 17.7. The van der Waals surface area contributed by atoms with E-state index in [1.54, 1.807) is 12.1 Å². The van der Waals surface area contributed by atoms with Crippen molar-refractivity contribution >= 4 is 28.2 Å². The van der Waals surface area contributed by atoms with E-state index in [0.717, 1.165) is 55.0 Å². The van der Waals surface area contributed by atoms with Crippen LogP contribution >= 0.6 is 0 Å². The third-order valence-electron chi connectivity index (χ3n) is 5.76. The van der Waals surface area contributed by atoms with Crippen LogP contribution in [0, 0.1) is 0 Å². The fourth-order valence-electron chi connectivity index (χ4n) is 4.19. The van der Waals surface area contributed by atoms with E-state index >= 15 is 0 Å². The Kier molecular flexibility index (Phi) is 6.67. The maximum absolute atomic E-state index is 13.7. The van der Waals surface area contributed by atoms with E-state index in [2.05, 4.69) is 25.4 Å². The molecule has 169 valence electrons. The van der Waals surface area contributed by atoms with Crippen LogP contribution in [0.1, 0.15) is 24.8 Å². The molecule has 2 N–H and O–H groups in total. The third-order valence-corrected chi connectivity index (χ3v) is 5.76. The number of nitrogens with one attached hydrogen (secondary N) is 2. The third kappa shape index (κ3) is 4.87. The van der Waals surface area contributed by atoms with Crippen molar-refractivity contribution in [1.82, 2.24) is 15.2 Å². The number of para-hydroxylation sites is 1. The molecule has 0 amide bonds. The van der Waals surface area contributed by atoms with Gasteiger partial charge in [0.1, 0.15) is 5.82 Å². The molecule has 33 heavy (non-hydrogen) atoms. The van der Waals surface area contributed by atoms with Gasteiger partial charge in [-0.3, -0.25) is 5.10 Å². The number of aromatic amines is 1. The van der Waals surface area contributed by atoms with E-state index in [1.807, 2.05) is 30.3 Å². The fraction of sp³-hybridized carbons (Fsp3) is 0.250. The molecule has 4 aromatic rings. The van der Waals surface area contributed by atoms with Gasteiger partial charge in [0.05, 0.1) is 16.8 Å². The van der Waals surface area contributed by atoms with Gasteiger partial charge in [-0.15, -0.1) is 0 Å². The van der Waals surface area contributed by atoms with Gasteiger partial charge >= 0.3 is 6.18 Å². The standard InChI is InChI=1S/C24H22F3N5.V/c25-24(26,27)19-10-4-2-8-17(19)21-14-16(32-12-6-1-7-13-32)15-22(28-21)29-23-18-9-3-5-11-20(18)30-31-23;/h2-5,8-11,14-15H,1,6-7,12-13H2,(H2,28,29,30,31);. The maximum Gasteiger partial charge on any atom is 0.417 e. The van der Waals surface area contributed by atoms with Crippen LogP contribution in [-0.4, -0.2) is 28.3 Å². The van der Waals surface area contributed by atoms with Crippen molar-refractivity contribution in [3.05, 3.63) is 66.2 Å². The van der Waals surface area contributed by atoms with Crippen molar-refractivity contribution in [1.29, 1.82) is 0 Å². The number of benzene rings is 2. The van der Waals surface area contributed by atoms with Crippen molar-refractivity contribution in [2.45, 2.75) is 25.4 Å². The molecule has 2 aromatic heterocycles. The van der Waals surface area contributed by atoms with E-state index in [0.29, 0.717) is 11.6 Å². The second-order valence-electron chi connectivity index (χ2n) is 7.93. The first kappa shape index (κ1) is 23.2. The molecular formula is C24H22F3N5V. The summed E-state index contributed by atoms with van der Waals surface area (Å²) in [5, 5.41) is 11.4. The number of anilines is 3. The van der Waals surface area contributed by atoms with Crippen LogP contribution in [-0.2, 0) is 24.7 Å². The first-order valence-corrected chi connectivity index (χ1v) is 10.6. The van der Waals surface area contributed by atoms with Crippen molar-refractivity contribution < 1.29 is 31.7 Å². The number of H-pyrrole nitrogens is 1. The number of halogens is 3. The van der Waals surface area contributed by atoms with Crippen LogP contribution in [0.25, 0.3) is 22.2 Å². The van der Waals surface area contributed by atoms with Crippen LogP contribution in [0.3, 0.4) is 0 Å². The quantitative estimate of drug-likeness (QED) is 0.350. The van der Waals surface area contributed by atoms with Crippen LogP contribution in [0.4, 0.5) is 30.5 Å². The summed E-state index contributed by atoms with van der Waals surface area (Å²) in [5.74, 6) is 1.04. The summed E-state index contributed by atoms with van der Waals surface area (Å²) in [7, 11) is 0. The Morgan fingerprint density at radius 3 is 2.42 bits per heavy atom. The molecule has 1 aliphatic heterocycles. The zero-order chi connectivity index (χ0) is 22.1. The molecule has 5 nitrogen and oxygen atoms in total. The summed E-state index contributed by atoms with van der Waals surface area (Å²) in [6, 6.07) is 16.9. The topological polar surface area (TPSA) is 56.8 Å². The number of hydrogen-bond acceptors (Lipinski definition) is 4. The fourth-order valence-corrected chi connectivity index (χ4v) is 4.19. The first-order valence-electron chi connectivity index (χ1n) is 10.6. The van der Waals surface area contributed by atoms with Gasteiger partial charge in [-0.2, -0.15) is 18.3 Å². The Morgan fingerprint density at radius 1 is 0.909 bits per heavy atom. The average Bonchev–Trinajstić information content (AvgIpc) is 3.22. The van der Waals surface area contributed by atoms with E-state index in [9.17, 15) is 13.2 Å². The molecule has 0 atom stereocenters. The molecule has 1 radical (unpaired) electrons. The molecule has 2 aromatic carbocycles. The van der Waals surface area contributed by atoms with Gasteiger partial charge in [-0.05, 0) is 43.5 Å². The summed E-state index contributed by atoms with van der Waals surface area (Å²) < 4.78 is 41.1. The molecule has 0 bridgehead atoms. The van der Waals surface area contributed by atoms with Crippen molar-refractivity contribution in [3.63, 3.8) is 0 Å². The van der Waals surface area contributed by atoms with Gasteiger partial charge in [0, 0.05) is 54.3 Å². The zero-order valence-corrected chi connectivity index (χ0v) is 19.1. The molecule has 0 spiro atoms. The minimum Gasteiger partial charge on any atom is -0.371 e. The van der Waals surface area contributed by atoms with Gasteiger partial charge in [-0.1, -0.05) is 30.3 Å². The Labute approximate surface area is 201 Å². The van der Waals surface area contributed by atoms with Crippen LogP contribution in [0.5, 0.6) is 0 Å². The van der Waals surface area contributed by atoms with Crippen molar-refractivity contribution in [2.24, 2.45) is 0 Å². The smallest absolute Gasteiger partial charge is 0.371 e. The van der Waals surface area contributed by atoms with Crippen molar-refractivity contribution in [2.75, 3.05) is 23.3 Å². The minimum atomic E-state index is -4.47. The van der Waals surface area contributed by atoms with E-state index in [-0.39, 0.29) is 29.8 Å². The van der Waals surface area contributed by atoms with Gasteiger partial charge in [0.2, 0.25) is 0 Å². The normalized spacial score (nSPS) is 14.2. The summed E-state index contributed by atoms with van der Waals surface area (Å²) in [6.45, 7) is 1.74. The Morgan fingerprint density at radius 2 is 1.64 bits per heavy atom. The molecule has 0 unspecified atom stereocenters. The van der Waals surface area contributed by atoms with Crippen LogP contribution in [0.15, 0.2) is 60.7 Å². The number of aromatic nitrogens is 3. The van der Waals surface area contributed by atoms with Crippen molar-refractivity contribution in [3.8, 4) is 11.3 Å². The molecule has 5 rings (SSSR count). The number of rotatable bonds is 4. The van der Waals surface area contributed by atoms with E-state index in [1.165, 1.54) is 12.1 Å². The number of pyridine rings is 1. The van der Waals surface area contributed by atoms with Gasteiger partial charge in [-0.25, -0.2) is 4.98 Å². The second-order valence-corrected chi connectivity index (χ2v) is 7.93. The molecule has 0 saturated carbocycles. The summed E-state index contributed by atoms with van der Waals surface area (Å²) >= 11 is 0. The predicted octanol–water partition coefficient (Wildman–Crippen LogP) is 6.38. The molecular weight excluding hydrogens is 466 g/mol. The number of hydrogen-bond donors (Lipinski definition) is 2. The molecule has 1 aliphatic rings. The Bertz CT molecular complexity index is 1250. The van der Waals surface area contributed by atoms with Crippen LogP contribution < -0.4 is 10.2 Å². The molecule has 9 heteroatoms. The molecule has 1 saturated heterocycles. The SMILES string of the molecule is FC(F)(F)c1ccccc1-c1cc(N2CCCCC2)cc(Nc2n[nH]c3ccccc23)n1.[V]. The Balaban J connectivity index is 0.00000259. The number of alkyl halides is 3. The van der Waals surface area contributed by atoms with Gasteiger partial charge in [0.25, 0.3) is 0 Å². The maximum atomic E-state index is 13.7. The summed E-state index contributed by atoms with van der Waals surface area (Å²) in [5.41, 5.74) is 1.37. The molecule has 0 aliphatic carbocycles. The number of piperidine rings is 1. The van der Waals surface area contributed by atoms with Gasteiger partial charge < -0.3 is 10.2 Å². The molecule has 1 fully saturated rings. The summed E-state index contributed by atoms with van der Waals surface area (Å²) in [4.78, 5) is 6.77. The number of nitrogens with zero attached hydrogens (tertiary/aromatic N) is 3. The van der Waals surface area contributed by atoms with Gasteiger partial charge in [0.15, 0.2) is 5.82 Å². The largest absolute Gasteiger partial charge is 0.417 e. The van der Waals surface area contributed by atoms with E-state index in [4.69, 9.17) is 0 Å². The average molecular weight is 488 g/mol. The van der Waals surface area contributed by atoms with Crippen LogP contribution in [0.2, 0.25) is 0 Å². The van der Waals surface area contributed by atoms with E-state index < -0.39 is 11.7 Å². The molecule has 3 heterocycles. The second kappa shape index (κ2) is 9.49.